The second-order valence-electron chi connectivity index (χ2n) is 5.54. The monoisotopic (exact) mass is 308 g/mol. The van der Waals surface area contributed by atoms with Crippen LogP contribution in [0.25, 0.3) is 16.5 Å². The fourth-order valence-corrected chi connectivity index (χ4v) is 3.00. The Morgan fingerprint density at radius 2 is 1.96 bits per heavy atom. The summed E-state index contributed by atoms with van der Waals surface area (Å²) in [6.45, 7) is 1.99. The molecule has 0 saturated carbocycles. The number of benzene rings is 2. The van der Waals surface area contributed by atoms with Crippen LogP contribution in [0.1, 0.15) is 16.7 Å². The summed E-state index contributed by atoms with van der Waals surface area (Å²) in [4.78, 5) is 0. The minimum Gasteiger partial charge on any atom is -0.490 e. The molecule has 2 aromatic carbocycles. The van der Waals surface area contributed by atoms with E-state index in [0.717, 1.165) is 27.6 Å². The zero-order valence-corrected chi connectivity index (χ0v) is 12.9. The van der Waals surface area contributed by atoms with Crippen molar-refractivity contribution in [3.05, 3.63) is 65.4 Å². The van der Waals surface area contributed by atoms with Crippen LogP contribution >= 0.6 is 0 Å². The molecule has 2 heterocycles. The van der Waals surface area contributed by atoms with Gasteiger partial charge >= 0.3 is 0 Å². The summed E-state index contributed by atoms with van der Waals surface area (Å²) in [5.41, 5.74) is 4.47. The molecule has 1 unspecified atom stereocenters. The lowest BCUT2D eigenvalue weighted by Crippen LogP contribution is -2.19. The van der Waals surface area contributed by atoms with Crippen LogP contribution in [0.4, 0.5) is 0 Å². The van der Waals surface area contributed by atoms with Gasteiger partial charge in [-0.05, 0) is 35.8 Å². The highest BCUT2D eigenvalue weighted by Gasteiger charge is 2.27. The molecule has 4 heteroatoms. The molecule has 116 valence electrons. The van der Waals surface area contributed by atoms with Crippen molar-refractivity contribution in [3.63, 3.8) is 0 Å². The predicted octanol–water partition coefficient (Wildman–Crippen LogP) is 3.89. The Morgan fingerprint density at radius 3 is 2.70 bits per heavy atom. The Kier molecular flexibility index (Phi) is 3.13. The van der Waals surface area contributed by atoms with Gasteiger partial charge in [0.25, 0.3) is 0 Å². The standard InChI is InChI=1S/C19H16O4/c1-11-10-22-17-13(11)8-15-14(12-6-4-3-5-7-12)9-16(20)23-18(15)19(17)21-2/h3-10,16,20H,1-2H3. The Hall–Kier alpha value is -2.72. The van der Waals surface area contributed by atoms with Crippen LogP contribution in [0.15, 0.2) is 53.2 Å². The number of hydrogen-bond donors (Lipinski definition) is 1. The average Bonchev–Trinajstić information content (AvgIpc) is 2.94. The molecule has 0 spiro atoms. The van der Waals surface area contributed by atoms with Crippen molar-refractivity contribution in [2.45, 2.75) is 13.2 Å². The van der Waals surface area contributed by atoms with Gasteiger partial charge in [-0.25, -0.2) is 0 Å². The lowest BCUT2D eigenvalue weighted by Gasteiger charge is -2.24. The largest absolute Gasteiger partial charge is 0.490 e. The fourth-order valence-electron chi connectivity index (χ4n) is 3.00. The molecular formula is C19H16O4. The third kappa shape index (κ3) is 2.11. The molecule has 0 aliphatic carbocycles. The first-order valence-electron chi connectivity index (χ1n) is 7.40. The van der Waals surface area contributed by atoms with Crippen molar-refractivity contribution < 1.29 is 19.0 Å². The topological polar surface area (TPSA) is 51.8 Å². The normalized spacial score (nSPS) is 16.7. The Morgan fingerprint density at radius 1 is 1.17 bits per heavy atom. The molecule has 1 aliphatic heterocycles. The highest BCUT2D eigenvalue weighted by atomic mass is 16.6. The summed E-state index contributed by atoms with van der Waals surface area (Å²) in [6.07, 6.45) is 2.37. The molecule has 1 aliphatic rings. The van der Waals surface area contributed by atoms with Crippen LogP contribution in [0.5, 0.6) is 11.5 Å². The number of rotatable bonds is 2. The molecule has 0 fully saturated rings. The Bertz CT molecular complexity index is 906. The van der Waals surface area contributed by atoms with Crippen molar-refractivity contribution in [2.75, 3.05) is 7.11 Å². The number of fused-ring (bicyclic) bond motifs is 2. The molecule has 0 amide bonds. The molecule has 0 bridgehead atoms. The Labute approximate surface area is 133 Å². The van der Waals surface area contributed by atoms with E-state index in [9.17, 15) is 5.11 Å². The van der Waals surface area contributed by atoms with E-state index in [1.807, 2.05) is 43.3 Å². The Balaban J connectivity index is 2.04. The van der Waals surface area contributed by atoms with Gasteiger partial charge in [0.05, 0.1) is 13.4 Å². The van der Waals surface area contributed by atoms with Crippen molar-refractivity contribution >= 4 is 16.5 Å². The highest BCUT2D eigenvalue weighted by Crippen LogP contribution is 2.47. The molecular weight excluding hydrogens is 292 g/mol. The zero-order valence-electron chi connectivity index (χ0n) is 12.9. The second kappa shape index (κ2) is 5.18. The molecule has 0 radical (unpaired) electrons. The maximum Gasteiger partial charge on any atom is 0.218 e. The molecule has 4 nitrogen and oxygen atoms in total. The van der Waals surface area contributed by atoms with Crippen LogP contribution in [-0.2, 0) is 0 Å². The van der Waals surface area contributed by atoms with E-state index in [2.05, 4.69) is 0 Å². The van der Waals surface area contributed by atoms with Crippen LogP contribution in [-0.4, -0.2) is 18.5 Å². The van der Waals surface area contributed by atoms with E-state index in [-0.39, 0.29) is 0 Å². The van der Waals surface area contributed by atoms with Crippen molar-refractivity contribution in [3.8, 4) is 11.5 Å². The summed E-state index contributed by atoms with van der Waals surface area (Å²) in [6, 6.07) is 11.9. The third-order valence-corrected chi connectivity index (χ3v) is 4.10. The summed E-state index contributed by atoms with van der Waals surface area (Å²) in [5, 5.41) is 11.1. The number of aliphatic hydroxyl groups excluding tert-OH is 1. The van der Waals surface area contributed by atoms with Crippen LogP contribution in [0, 0.1) is 6.92 Å². The maximum atomic E-state index is 10.1. The molecule has 4 rings (SSSR count). The first-order valence-corrected chi connectivity index (χ1v) is 7.40. The molecule has 3 aromatic rings. The fraction of sp³-hybridized carbons (Fsp3) is 0.158. The summed E-state index contributed by atoms with van der Waals surface area (Å²) < 4.78 is 16.7. The van der Waals surface area contributed by atoms with E-state index in [1.54, 1.807) is 19.4 Å². The number of ether oxygens (including phenoxy) is 2. The van der Waals surface area contributed by atoms with Crippen molar-refractivity contribution in [2.24, 2.45) is 0 Å². The first-order chi connectivity index (χ1) is 11.2. The minimum atomic E-state index is -1.03. The molecule has 1 N–H and O–H groups in total. The maximum absolute atomic E-state index is 10.1. The summed E-state index contributed by atoms with van der Waals surface area (Å²) >= 11 is 0. The van der Waals surface area contributed by atoms with Gasteiger partial charge in [0, 0.05) is 10.9 Å². The predicted molar refractivity (Wildman–Crippen MR) is 87.7 cm³/mol. The minimum absolute atomic E-state index is 0.503. The smallest absolute Gasteiger partial charge is 0.218 e. The second-order valence-corrected chi connectivity index (χ2v) is 5.54. The van der Waals surface area contributed by atoms with Gasteiger partial charge in [0.15, 0.2) is 11.3 Å². The van der Waals surface area contributed by atoms with Gasteiger partial charge in [-0.2, -0.15) is 0 Å². The molecule has 0 saturated heterocycles. The van der Waals surface area contributed by atoms with E-state index in [0.29, 0.717) is 17.1 Å². The average molecular weight is 308 g/mol. The quantitative estimate of drug-likeness (QED) is 0.780. The van der Waals surface area contributed by atoms with Gasteiger partial charge in [-0.3, -0.25) is 0 Å². The zero-order chi connectivity index (χ0) is 16.0. The van der Waals surface area contributed by atoms with Gasteiger partial charge in [-0.15, -0.1) is 0 Å². The number of furan rings is 1. The van der Waals surface area contributed by atoms with Crippen LogP contribution in [0.3, 0.4) is 0 Å². The molecule has 1 aromatic heterocycles. The van der Waals surface area contributed by atoms with Gasteiger partial charge in [-0.1, -0.05) is 30.3 Å². The number of methoxy groups -OCH3 is 1. The van der Waals surface area contributed by atoms with Crippen LogP contribution in [0.2, 0.25) is 0 Å². The third-order valence-electron chi connectivity index (χ3n) is 4.10. The van der Waals surface area contributed by atoms with Crippen molar-refractivity contribution in [1.29, 1.82) is 0 Å². The number of aliphatic hydroxyl groups is 1. The first kappa shape index (κ1) is 13.9. The number of aryl methyl sites for hydroxylation is 1. The summed E-state index contributed by atoms with van der Waals surface area (Å²) in [5.74, 6) is 1.01. The van der Waals surface area contributed by atoms with E-state index < -0.39 is 6.29 Å². The molecule has 1 atom stereocenters. The van der Waals surface area contributed by atoms with Gasteiger partial charge in [0.1, 0.15) is 0 Å². The van der Waals surface area contributed by atoms with Crippen molar-refractivity contribution in [1.82, 2.24) is 0 Å². The van der Waals surface area contributed by atoms with Gasteiger partial charge < -0.3 is 19.0 Å². The SMILES string of the molecule is COc1c2c(cc3c(C)coc13)C(c1ccccc1)=CC(O)O2. The van der Waals surface area contributed by atoms with E-state index in [1.165, 1.54) is 0 Å². The lowest BCUT2D eigenvalue weighted by atomic mass is 9.93. The van der Waals surface area contributed by atoms with Crippen LogP contribution < -0.4 is 9.47 Å². The lowest BCUT2D eigenvalue weighted by molar-refractivity contribution is 0.0206. The summed E-state index contributed by atoms with van der Waals surface area (Å²) in [7, 11) is 1.57. The van der Waals surface area contributed by atoms with E-state index in [4.69, 9.17) is 13.9 Å². The molecule has 23 heavy (non-hydrogen) atoms. The highest BCUT2D eigenvalue weighted by molar-refractivity contribution is 5.97. The van der Waals surface area contributed by atoms with E-state index >= 15 is 0 Å². The number of hydrogen-bond acceptors (Lipinski definition) is 4. The van der Waals surface area contributed by atoms with Gasteiger partial charge in [0.2, 0.25) is 12.0 Å².